The predicted molar refractivity (Wildman–Crippen MR) is 119 cm³/mol. The fourth-order valence-corrected chi connectivity index (χ4v) is 3.24. The van der Waals surface area contributed by atoms with Crippen LogP contribution >= 0.6 is 28.1 Å². The first kappa shape index (κ1) is 20.1. The van der Waals surface area contributed by atoms with E-state index in [0.717, 1.165) is 10.0 Å². The lowest BCUT2D eigenvalue weighted by atomic mass is 10.1. The van der Waals surface area contributed by atoms with Gasteiger partial charge in [0.2, 0.25) is 0 Å². The van der Waals surface area contributed by atoms with E-state index in [0.29, 0.717) is 41.2 Å². The molecule has 7 heteroatoms. The molecule has 1 heterocycles. The monoisotopic (exact) mass is 458 g/mol. The molecule has 5 nitrogen and oxygen atoms in total. The van der Waals surface area contributed by atoms with Gasteiger partial charge in [0.1, 0.15) is 12.3 Å². The maximum Gasteiger partial charge on any atom is 0.281 e. The summed E-state index contributed by atoms with van der Waals surface area (Å²) in [7, 11) is 0. The standard InChI is InChI=1S/C21H19BrN2O3S/c1-3-11-27-18-10-5-14(13-19(18)26-4-2)12-17-20(25)24(21(28)23-17)16-8-6-15(22)7-9-16/h3,5-10,12-13H,1,4,11H2,2H3,(H,23,28)/b17-12-. The van der Waals surface area contributed by atoms with Gasteiger partial charge in [-0.1, -0.05) is 34.7 Å². The Hall–Kier alpha value is -2.64. The minimum atomic E-state index is -0.211. The maximum atomic E-state index is 12.9. The van der Waals surface area contributed by atoms with Gasteiger partial charge in [0.05, 0.1) is 12.3 Å². The highest BCUT2D eigenvalue weighted by Gasteiger charge is 2.31. The third-order valence-corrected chi connectivity index (χ3v) is 4.71. The van der Waals surface area contributed by atoms with Crippen LogP contribution in [-0.2, 0) is 4.79 Å². The molecule has 0 radical (unpaired) electrons. The molecule has 0 aromatic heterocycles. The summed E-state index contributed by atoms with van der Waals surface area (Å²) in [6.45, 7) is 6.44. The zero-order valence-corrected chi connectivity index (χ0v) is 17.7. The van der Waals surface area contributed by atoms with Gasteiger partial charge in [-0.2, -0.15) is 0 Å². The summed E-state index contributed by atoms with van der Waals surface area (Å²) < 4.78 is 12.2. The summed E-state index contributed by atoms with van der Waals surface area (Å²) in [5.74, 6) is 1.02. The van der Waals surface area contributed by atoms with Crippen LogP contribution in [0, 0.1) is 0 Å². The van der Waals surface area contributed by atoms with E-state index < -0.39 is 0 Å². The van der Waals surface area contributed by atoms with Gasteiger partial charge in [-0.25, -0.2) is 0 Å². The first-order valence-electron chi connectivity index (χ1n) is 8.66. The Labute approximate surface area is 177 Å². The summed E-state index contributed by atoms with van der Waals surface area (Å²) in [5.41, 5.74) is 1.90. The zero-order chi connectivity index (χ0) is 20.1. The molecule has 1 aliphatic heterocycles. The molecular weight excluding hydrogens is 440 g/mol. The summed E-state index contributed by atoms with van der Waals surface area (Å²) in [5, 5.41) is 3.33. The summed E-state index contributed by atoms with van der Waals surface area (Å²) in [6, 6.07) is 12.9. The number of carbonyl (C=O) groups excluding carboxylic acids is 1. The van der Waals surface area contributed by atoms with Crippen molar-refractivity contribution in [3.05, 3.63) is 70.9 Å². The van der Waals surface area contributed by atoms with E-state index in [1.807, 2.05) is 49.4 Å². The lowest BCUT2D eigenvalue weighted by Gasteiger charge is -2.13. The number of nitrogens with zero attached hydrogens (tertiary/aromatic N) is 1. The quantitative estimate of drug-likeness (QED) is 0.371. The minimum absolute atomic E-state index is 0.211. The second-order valence-corrected chi connectivity index (χ2v) is 7.15. The number of rotatable bonds is 7. The van der Waals surface area contributed by atoms with Crippen molar-refractivity contribution >= 4 is 50.9 Å². The maximum absolute atomic E-state index is 12.9. The number of hydrogen-bond donors (Lipinski definition) is 1. The number of ether oxygens (including phenoxy) is 2. The number of hydrogen-bond acceptors (Lipinski definition) is 4. The third kappa shape index (κ3) is 4.43. The predicted octanol–water partition coefficient (Wildman–Crippen LogP) is 4.67. The molecule has 0 spiro atoms. The first-order valence-corrected chi connectivity index (χ1v) is 9.87. The van der Waals surface area contributed by atoms with Gasteiger partial charge < -0.3 is 14.8 Å². The van der Waals surface area contributed by atoms with Crippen LogP contribution in [0.1, 0.15) is 12.5 Å². The molecule has 28 heavy (non-hydrogen) atoms. The molecule has 1 saturated heterocycles. The molecule has 0 unspecified atom stereocenters. The van der Waals surface area contributed by atoms with Gasteiger partial charge in [-0.15, -0.1) is 0 Å². The van der Waals surface area contributed by atoms with Crippen molar-refractivity contribution in [1.82, 2.24) is 5.32 Å². The largest absolute Gasteiger partial charge is 0.490 e. The van der Waals surface area contributed by atoms with Gasteiger partial charge >= 0.3 is 0 Å². The number of thiocarbonyl (C=S) groups is 1. The molecule has 2 aromatic rings. The van der Waals surface area contributed by atoms with Crippen molar-refractivity contribution in [2.75, 3.05) is 18.1 Å². The van der Waals surface area contributed by atoms with E-state index in [2.05, 4.69) is 27.8 Å². The topological polar surface area (TPSA) is 50.8 Å². The lowest BCUT2D eigenvalue weighted by molar-refractivity contribution is -0.113. The fourth-order valence-electron chi connectivity index (χ4n) is 2.68. The number of halogens is 1. The molecule has 144 valence electrons. The molecule has 0 saturated carbocycles. The van der Waals surface area contributed by atoms with Crippen molar-refractivity contribution in [3.8, 4) is 11.5 Å². The van der Waals surface area contributed by atoms with E-state index in [1.54, 1.807) is 12.2 Å². The fraction of sp³-hybridized carbons (Fsp3) is 0.143. The van der Waals surface area contributed by atoms with Gasteiger partial charge in [0.25, 0.3) is 5.91 Å². The van der Waals surface area contributed by atoms with Gasteiger partial charge in [0.15, 0.2) is 16.6 Å². The highest BCUT2D eigenvalue weighted by Crippen LogP contribution is 2.30. The Morgan fingerprint density at radius 2 is 1.93 bits per heavy atom. The van der Waals surface area contributed by atoms with E-state index in [1.165, 1.54) is 4.90 Å². The molecule has 1 N–H and O–H groups in total. The summed E-state index contributed by atoms with van der Waals surface area (Å²) in [6.07, 6.45) is 3.41. The van der Waals surface area contributed by atoms with Crippen molar-refractivity contribution in [2.45, 2.75) is 6.92 Å². The molecule has 0 atom stereocenters. The van der Waals surface area contributed by atoms with Gasteiger partial charge in [-0.05, 0) is 67.2 Å². The van der Waals surface area contributed by atoms with Crippen molar-refractivity contribution in [3.63, 3.8) is 0 Å². The van der Waals surface area contributed by atoms with E-state index >= 15 is 0 Å². The summed E-state index contributed by atoms with van der Waals surface area (Å²) in [4.78, 5) is 14.3. The highest BCUT2D eigenvalue weighted by atomic mass is 79.9. The zero-order valence-electron chi connectivity index (χ0n) is 15.3. The van der Waals surface area contributed by atoms with Crippen LogP contribution < -0.4 is 19.7 Å². The van der Waals surface area contributed by atoms with E-state index in [-0.39, 0.29) is 5.91 Å². The molecule has 3 rings (SSSR count). The SMILES string of the molecule is C=CCOc1ccc(/C=C2\NC(=S)N(c3ccc(Br)cc3)C2=O)cc1OCC. The highest BCUT2D eigenvalue weighted by molar-refractivity contribution is 9.10. The van der Waals surface area contributed by atoms with Gasteiger partial charge in [0, 0.05) is 4.47 Å². The Bertz CT molecular complexity index is 941. The van der Waals surface area contributed by atoms with E-state index in [9.17, 15) is 4.79 Å². The Balaban J connectivity index is 1.87. The van der Waals surface area contributed by atoms with Crippen molar-refractivity contribution < 1.29 is 14.3 Å². The molecule has 2 aromatic carbocycles. The second kappa shape index (κ2) is 9.03. The van der Waals surface area contributed by atoms with Crippen LogP contribution in [0.2, 0.25) is 0 Å². The third-order valence-electron chi connectivity index (χ3n) is 3.90. The molecule has 1 amide bonds. The minimum Gasteiger partial charge on any atom is -0.490 e. The Kier molecular flexibility index (Phi) is 6.49. The number of amides is 1. The van der Waals surface area contributed by atoms with Crippen LogP contribution in [0.5, 0.6) is 11.5 Å². The molecule has 1 aliphatic rings. The van der Waals surface area contributed by atoms with Crippen LogP contribution in [0.15, 0.2) is 65.3 Å². The molecule has 0 bridgehead atoms. The van der Waals surface area contributed by atoms with Crippen molar-refractivity contribution in [1.29, 1.82) is 0 Å². The molecular formula is C21H19BrN2O3S. The number of benzene rings is 2. The average molecular weight is 459 g/mol. The Morgan fingerprint density at radius 3 is 2.61 bits per heavy atom. The number of nitrogens with one attached hydrogen (secondary N) is 1. The van der Waals surface area contributed by atoms with Crippen molar-refractivity contribution in [2.24, 2.45) is 0 Å². The van der Waals surface area contributed by atoms with Crippen LogP contribution in [-0.4, -0.2) is 24.2 Å². The number of carbonyl (C=O) groups is 1. The average Bonchev–Trinajstić information content (AvgIpc) is 2.95. The lowest BCUT2D eigenvalue weighted by Crippen LogP contribution is -2.30. The summed E-state index contributed by atoms with van der Waals surface area (Å²) >= 11 is 8.74. The van der Waals surface area contributed by atoms with E-state index in [4.69, 9.17) is 21.7 Å². The molecule has 1 fully saturated rings. The van der Waals surface area contributed by atoms with Gasteiger partial charge in [-0.3, -0.25) is 9.69 Å². The molecule has 0 aliphatic carbocycles. The normalized spacial score (nSPS) is 14.9. The van der Waals surface area contributed by atoms with Crippen LogP contribution in [0.25, 0.3) is 6.08 Å². The smallest absolute Gasteiger partial charge is 0.281 e. The number of anilines is 1. The Morgan fingerprint density at radius 1 is 1.18 bits per heavy atom. The first-order chi connectivity index (χ1) is 13.5. The van der Waals surface area contributed by atoms with Crippen LogP contribution in [0.3, 0.4) is 0 Å². The van der Waals surface area contributed by atoms with Crippen LogP contribution in [0.4, 0.5) is 5.69 Å². The second-order valence-electron chi connectivity index (χ2n) is 5.84.